The minimum Gasteiger partial charge on any atom is -0.347 e. The summed E-state index contributed by atoms with van der Waals surface area (Å²) in [7, 11) is 1.92. The molecule has 0 saturated heterocycles. The predicted molar refractivity (Wildman–Crippen MR) is 54.6 cm³/mol. The highest BCUT2D eigenvalue weighted by molar-refractivity contribution is 5.91. The van der Waals surface area contributed by atoms with Gasteiger partial charge in [-0.15, -0.1) is 0 Å². The highest BCUT2D eigenvalue weighted by Crippen LogP contribution is 2.03. The van der Waals surface area contributed by atoms with E-state index < -0.39 is 0 Å². The fourth-order valence-corrected chi connectivity index (χ4v) is 1.03. The van der Waals surface area contributed by atoms with Gasteiger partial charge in [0.05, 0.1) is 18.6 Å². The molecule has 4 nitrogen and oxygen atoms in total. The molecule has 4 heteroatoms. The number of rotatable bonds is 3. The Kier molecular flexibility index (Phi) is 3.06. The van der Waals surface area contributed by atoms with Crippen molar-refractivity contribution in [3.05, 3.63) is 29.9 Å². The second-order valence-corrected chi connectivity index (χ2v) is 3.35. The maximum atomic E-state index is 11.2. The van der Waals surface area contributed by atoms with Crippen molar-refractivity contribution in [2.75, 3.05) is 0 Å². The predicted octanol–water partition coefficient (Wildman–Crippen LogP) is 0.921. The molecule has 0 atom stereocenters. The number of hydrogen-bond donors (Lipinski definition) is 1. The van der Waals surface area contributed by atoms with Crippen molar-refractivity contribution in [2.24, 2.45) is 7.05 Å². The van der Waals surface area contributed by atoms with E-state index in [-0.39, 0.29) is 5.91 Å². The zero-order chi connectivity index (χ0) is 10.7. The van der Waals surface area contributed by atoms with Crippen LogP contribution in [0.4, 0.5) is 0 Å². The Bertz CT molecular complexity index is 365. The van der Waals surface area contributed by atoms with Gasteiger partial charge in [-0.05, 0) is 13.8 Å². The zero-order valence-corrected chi connectivity index (χ0v) is 8.79. The first-order valence-corrected chi connectivity index (χ1v) is 4.43. The Morgan fingerprint density at radius 1 is 1.71 bits per heavy atom. The van der Waals surface area contributed by atoms with Crippen LogP contribution in [0.15, 0.2) is 18.5 Å². The summed E-state index contributed by atoms with van der Waals surface area (Å²) in [6.07, 6.45) is 1.73. The molecule has 0 spiro atoms. The van der Waals surface area contributed by atoms with Crippen LogP contribution < -0.4 is 5.32 Å². The molecule has 0 aliphatic carbocycles. The molecule has 1 rings (SSSR count). The fraction of sp³-hybridized carbons (Fsp3) is 0.400. The molecule has 1 N–H and O–H groups in total. The van der Waals surface area contributed by atoms with Crippen molar-refractivity contribution in [2.45, 2.75) is 20.4 Å². The maximum Gasteiger partial charge on any atom is 0.246 e. The Labute approximate surface area is 83.6 Å². The quantitative estimate of drug-likeness (QED) is 0.726. The first kappa shape index (κ1) is 10.5. The highest BCUT2D eigenvalue weighted by Gasteiger charge is 2.06. The number of aryl methyl sites for hydroxylation is 1. The van der Waals surface area contributed by atoms with E-state index >= 15 is 0 Å². The Morgan fingerprint density at radius 3 is 2.79 bits per heavy atom. The first-order chi connectivity index (χ1) is 6.52. The van der Waals surface area contributed by atoms with E-state index in [9.17, 15) is 4.79 Å². The zero-order valence-electron chi connectivity index (χ0n) is 8.79. The Balaban J connectivity index is 2.58. The van der Waals surface area contributed by atoms with Crippen LogP contribution >= 0.6 is 0 Å². The number of aromatic nitrogens is 2. The summed E-state index contributed by atoms with van der Waals surface area (Å²) in [4.78, 5) is 15.4. The van der Waals surface area contributed by atoms with E-state index in [0.717, 1.165) is 11.4 Å². The average Bonchev–Trinajstić information content (AvgIpc) is 2.44. The van der Waals surface area contributed by atoms with Crippen LogP contribution in [0.5, 0.6) is 0 Å². The van der Waals surface area contributed by atoms with Gasteiger partial charge in [0.1, 0.15) is 0 Å². The van der Waals surface area contributed by atoms with Gasteiger partial charge in [0.25, 0.3) is 0 Å². The number of nitrogens with one attached hydrogen (secondary N) is 1. The van der Waals surface area contributed by atoms with Gasteiger partial charge >= 0.3 is 0 Å². The second kappa shape index (κ2) is 4.09. The van der Waals surface area contributed by atoms with E-state index in [4.69, 9.17) is 0 Å². The van der Waals surface area contributed by atoms with E-state index in [1.807, 2.05) is 18.5 Å². The van der Waals surface area contributed by atoms with E-state index in [2.05, 4.69) is 16.9 Å². The molecule has 0 fully saturated rings. The largest absolute Gasteiger partial charge is 0.347 e. The van der Waals surface area contributed by atoms with E-state index in [1.165, 1.54) is 0 Å². The lowest BCUT2D eigenvalue weighted by molar-refractivity contribution is -0.117. The molecule has 0 unspecified atom stereocenters. The standard InChI is InChI=1S/C10H15N3O/c1-7(2)10(14)11-5-9-8(3)13(4)6-12-9/h6H,1,5H2,2-4H3,(H,11,14). The molecule has 1 amide bonds. The third-order valence-corrected chi connectivity index (χ3v) is 2.14. The number of carbonyl (C=O) groups excluding carboxylic acids is 1. The van der Waals surface area contributed by atoms with Crippen molar-refractivity contribution in [1.82, 2.24) is 14.9 Å². The van der Waals surface area contributed by atoms with Gasteiger partial charge in [-0.2, -0.15) is 0 Å². The van der Waals surface area contributed by atoms with Crippen molar-refractivity contribution in [3.8, 4) is 0 Å². The van der Waals surface area contributed by atoms with Crippen LogP contribution in [-0.4, -0.2) is 15.5 Å². The maximum absolute atomic E-state index is 11.2. The monoisotopic (exact) mass is 193 g/mol. The molecular weight excluding hydrogens is 178 g/mol. The lowest BCUT2D eigenvalue weighted by Gasteiger charge is -2.03. The Morgan fingerprint density at radius 2 is 2.36 bits per heavy atom. The van der Waals surface area contributed by atoms with Crippen LogP contribution in [0, 0.1) is 6.92 Å². The summed E-state index contributed by atoms with van der Waals surface area (Å²) in [6.45, 7) is 7.66. The molecule has 14 heavy (non-hydrogen) atoms. The molecule has 0 aliphatic rings. The van der Waals surface area contributed by atoms with Crippen LogP contribution in [-0.2, 0) is 18.4 Å². The van der Waals surface area contributed by atoms with Gasteiger partial charge in [-0.3, -0.25) is 4.79 Å². The molecule has 0 aliphatic heterocycles. The minimum atomic E-state index is -0.130. The average molecular weight is 193 g/mol. The van der Waals surface area contributed by atoms with Gasteiger partial charge in [0, 0.05) is 18.3 Å². The lowest BCUT2D eigenvalue weighted by atomic mass is 10.3. The summed E-state index contributed by atoms with van der Waals surface area (Å²) < 4.78 is 1.92. The van der Waals surface area contributed by atoms with Gasteiger partial charge in [0.2, 0.25) is 5.91 Å². The van der Waals surface area contributed by atoms with Gasteiger partial charge < -0.3 is 9.88 Å². The number of nitrogens with zero attached hydrogens (tertiary/aromatic N) is 2. The smallest absolute Gasteiger partial charge is 0.246 e. The molecule has 0 aromatic carbocycles. The molecular formula is C10H15N3O. The summed E-state index contributed by atoms with van der Waals surface area (Å²) in [6, 6.07) is 0. The third kappa shape index (κ3) is 2.22. The molecule has 1 aromatic rings. The van der Waals surface area contributed by atoms with Crippen molar-refractivity contribution < 1.29 is 4.79 Å². The first-order valence-electron chi connectivity index (χ1n) is 4.43. The van der Waals surface area contributed by atoms with E-state index in [1.54, 1.807) is 13.3 Å². The van der Waals surface area contributed by atoms with Crippen molar-refractivity contribution in [3.63, 3.8) is 0 Å². The van der Waals surface area contributed by atoms with Crippen LogP contribution in [0.2, 0.25) is 0 Å². The van der Waals surface area contributed by atoms with Crippen LogP contribution in [0.1, 0.15) is 18.3 Å². The van der Waals surface area contributed by atoms with Crippen molar-refractivity contribution in [1.29, 1.82) is 0 Å². The molecule has 0 bridgehead atoms. The molecule has 76 valence electrons. The fourth-order valence-electron chi connectivity index (χ4n) is 1.03. The highest BCUT2D eigenvalue weighted by atomic mass is 16.1. The SMILES string of the molecule is C=C(C)C(=O)NCc1ncn(C)c1C. The molecule has 0 saturated carbocycles. The second-order valence-electron chi connectivity index (χ2n) is 3.35. The number of hydrogen-bond acceptors (Lipinski definition) is 2. The molecule has 0 radical (unpaired) electrons. The summed E-state index contributed by atoms with van der Waals surface area (Å²) in [5.74, 6) is -0.130. The summed E-state index contributed by atoms with van der Waals surface area (Å²) in [5.41, 5.74) is 2.47. The minimum absolute atomic E-state index is 0.130. The van der Waals surface area contributed by atoms with Gasteiger partial charge in [0.15, 0.2) is 0 Å². The summed E-state index contributed by atoms with van der Waals surface area (Å²) in [5, 5.41) is 2.74. The normalized spacial score (nSPS) is 9.93. The number of carbonyl (C=O) groups is 1. The topological polar surface area (TPSA) is 46.9 Å². The molecule has 1 heterocycles. The van der Waals surface area contributed by atoms with Crippen LogP contribution in [0.3, 0.4) is 0 Å². The Hall–Kier alpha value is -1.58. The summed E-state index contributed by atoms with van der Waals surface area (Å²) >= 11 is 0. The third-order valence-electron chi connectivity index (χ3n) is 2.14. The number of amides is 1. The lowest BCUT2D eigenvalue weighted by Crippen LogP contribution is -2.23. The van der Waals surface area contributed by atoms with E-state index in [0.29, 0.717) is 12.1 Å². The van der Waals surface area contributed by atoms with Gasteiger partial charge in [-0.25, -0.2) is 4.98 Å². The number of imidazole rings is 1. The van der Waals surface area contributed by atoms with Crippen molar-refractivity contribution >= 4 is 5.91 Å². The van der Waals surface area contributed by atoms with Gasteiger partial charge in [-0.1, -0.05) is 6.58 Å². The van der Waals surface area contributed by atoms with Crippen LogP contribution in [0.25, 0.3) is 0 Å². The molecule has 1 aromatic heterocycles.